The lowest BCUT2D eigenvalue weighted by atomic mass is 9.90. The third-order valence-electron chi connectivity index (χ3n) is 6.15. The second-order valence-electron chi connectivity index (χ2n) is 8.27. The molecule has 2 heterocycles. The van der Waals surface area contributed by atoms with Crippen molar-refractivity contribution in [3.63, 3.8) is 0 Å². The summed E-state index contributed by atoms with van der Waals surface area (Å²) in [7, 11) is 0. The second kappa shape index (κ2) is 8.89. The molecule has 4 aromatic rings. The maximum Gasteiger partial charge on any atom is 0.320 e. The molecule has 0 aromatic heterocycles. The van der Waals surface area contributed by atoms with Crippen LogP contribution in [0.25, 0.3) is 11.3 Å². The second-order valence-corrected chi connectivity index (χ2v) is 9.78. The van der Waals surface area contributed by atoms with Crippen molar-refractivity contribution in [2.24, 2.45) is 0 Å². The Morgan fingerprint density at radius 1 is 0.611 bits per heavy atom. The molecule has 2 aliphatic rings. The quantitative estimate of drug-likeness (QED) is 0.185. The molecular formula is C28H15Cl4FO3. The largest absolute Gasteiger partial charge is 0.471 e. The van der Waals surface area contributed by atoms with Crippen molar-refractivity contribution >= 4 is 57.7 Å². The van der Waals surface area contributed by atoms with Gasteiger partial charge in [0.05, 0.1) is 15.6 Å². The molecule has 8 heteroatoms. The van der Waals surface area contributed by atoms with Gasteiger partial charge in [-0.15, -0.1) is 0 Å². The highest BCUT2D eigenvalue weighted by Crippen LogP contribution is 2.60. The Balaban J connectivity index is 1.65. The summed E-state index contributed by atoms with van der Waals surface area (Å²) in [5, 5.41) is 0.164. The van der Waals surface area contributed by atoms with Crippen molar-refractivity contribution in [1.82, 2.24) is 0 Å². The minimum atomic E-state index is -1.57. The molecule has 4 aromatic carbocycles. The fraction of sp³-hybridized carbons (Fsp3) is 0.0714. The van der Waals surface area contributed by atoms with Gasteiger partial charge in [-0.2, -0.15) is 0 Å². The van der Waals surface area contributed by atoms with Crippen LogP contribution in [0.2, 0.25) is 20.1 Å². The lowest BCUT2D eigenvalue weighted by Gasteiger charge is -2.41. The van der Waals surface area contributed by atoms with Crippen LogP contribution in [0.4, 0.5) is 4.39 Å². The molecule has 0 aliphatic carbocycles. The van der Waals surface area contributed by atoms with Crippen molar-refractivity contribution in [3.05, 3.63) is 128 Å². The van der Waals surface area contributed by atoms with Gasteiger partial charge in [-0.3, -0.25) is 0 Å². The number of hydrogen-bond donors (Lipinski definition) is 0. The van der Waals surface area contributed by atoms with Crippen molar-refractivity contribution in [3.8, 4) is 11.5 Å². The van der Waals surface area contributed by atoms with E-state index in [1.165, 1.54) is 12.1 Å². The molecule has 0 saturated heterocycles. The highest BCUT2D eigenvalue weighted by atomic mass is 35.5. The van der Waals surface area contributed by atoms with Gasteiger partial charge in [-0.25, -0.2) is 4.39 Å². The maximum absolute atomic E-state index is 13.9. The Kier molecular flexibility index (Phi) is 5.81. The van der Waals surface area contributed by atoms with Gasteiger partial charge in [-0.1, -0.05) is 107 Å². The Morgan fingerprint density at radius 3 is 1.78 bits per heavy atom. The third kappa shape index (κ3) is 3.55. The average Bonchev–Trinajstić information content (AvgIpc) is 3.26. The summed E-state index contributed by atoms with van der Waals surface area (Å²) < 4.78 is 33.7. The molecule has 0 bridgehead atoms. The number of rotatable bonds is 3. The van der Waals surface area contributed by atoms with Crippen LogP contribution in [0.1, 0.15) is 16.7 Å². The van der Waals surface area contributed by atoms with Crippen molar-refractivity contribution in [2.75, 3.05) is 0 Å². The average molecular weight is 560 g/mol. The summed E-state index contributed by atoms with van der Waals surface area (Å²) in [5.41, 5.74) is 2.88. The highest BCUT2D eigenvalue weighted by Gasteiger charge is 2.60. The summed E-state index contributed by atoms with van der Waals surface area (Å²) in [4.78, 5) is 0. The first kappa shape index (κ1) is 23.5. The molecular weight excluding hydrogens is 545 g/mol. The first-order chi connectivity index (χ1) is 17.4. The minimum absolute atomic E-state index is 0.0240. The van der Waals surface area contributed by atoms with E-state index in [0.29, 0.717) is 11.3 Å². The van der Waals surface area contributed by atoms with Gasteiger partial charge in [0, 0.05) is 11.1 Å². The molecule has 0 amide bonds. The van der Waals surface area contributed by atoms with E-state index in [1.54, 1.807) is 12.1 Å². The number of hydrogen-bond acceptors (Lipinski definition) is 3. The van der Waals surface area contributed by atoms with Gasteiger partial charge in [0.15, 0.2) is 11.5 Å². The van der Waals surface area contributed by atoms with Crippen LogP contribution in [-0.4, -0.2) is 6.10 Å². The van der Waals surface area contributed by atoms with Gasteiger partial charge < -0.3 is 14.2 Å². The summed E-state index contributed by atoms with van der Waals surface area (Å²) in [6.07, 6.45) is -0.862. The monoisotopic (exact) mass is 558 g/mol. The van der Waals surface area contributed by atoms with Gasteiger partial charge in [-0.05, 0) is 29.8 Å². The van der Waals surface area contributed by atoms with E-state index >= 15 is 0 Å². The Hall–Kier alpha value is -2.89. The Bertz CT molecular complexity index is 1510. The van der Waals surface area contributed by atoms with E-state index in [-0.39, 0.29) is 31.6 Å². The number of benzene rings is 4. The van der Waals surface area contributed by atoms with Gasteiger partial charge >= 0.3 is 5.79 Å². The van der Waals surface area contributed by atoms with Crippen molar-refractivity contribution in [1.29, 1.82) is 0 Å². The van der Waals surface area contributed by atoms with Gasteiger partial charge in [0.2, 0.25) is 6.10 Å². The molecule has 0 spiro atoms. The zero-order valence-electron chi connectivity index (χ0n) is 18.3. The van der Waals surface area contributed by atoms with Crippen molar-refractivity contribution < 1.29 is 18.6 Å². The topological polar surface area (TPSA) is 27.7 Å². The zero-order chi connectivity index (χ0) is 25.0. The molecule has 2 atom stereocenters. The molecule has 0 N–H and O–H groups in total. The van der Waals surface area contributed by atoms with E-state index in [9.17, 15) is 4.39 Å². The van der Waals surface area contributed by atoms with E-state index in [0.717, 1.165) is 16.7 Å². The van der Waals surface area contributed by atoms with Gasteiger partial charge in [0.1, 0.15) is 21.6 Å². The molecule has 2 aliphatic heterocycles. The van der Waals surface area contributed by atoms with Crippen LogP contribution in [0.15, 0.2) is 84.9 Å². The predicted octanol–water partition coefficient (Wildman–Crippen LogP) is 9.03. The molecule has 0 radical (unpaired) electrons. The van der Waals surface area contributed by atoms with E-state index in [4.69, 9.17) is 60.6 Å². The van der Waals surface area contributed by atoms with Crippen molar-refractivity contribution in [2.45, 2.75) is 11.9 Å². The summed E-state index contributed by atoms with van der Waals surface area (Å²) in [5.74, 6) is -1.21. The number of halogens is 5. The molecule has 36 heavy (non-hydrogen) atoms. The van der Waals surface area contributed by atoms with E-state index in [2.05, 4.69) is 0 Å². The minimum Gasteiger partial charge on any atom is -0.471 e. The molecule has 0 unspecified atom stereocenters. The van der Waals surface area contributed by atoms with Crippen LogP contribution in [0.3, 0.4) is 0 Å². The Morgan fingerprint density at radius 2 is 1.17 bits per heavy atom. The smallest absolute Gasteiger partial charge is 0.320 e. The first-order valence-corrected chi connectivity index (χ1v) is 12.4. The summed E-state index contributed by atoms with van der Waals surface area (Å²) >= 11 is 25.8. The highest BCUT2D eigenvalue weighted by molar-refractivity contribution is 6.53. The lowest BCUT2D eigenvalue weighted by Crippen LogP contribution is -2.49. The maximum atomic E-state index is 13.9. The fourth-order valence-electron chi connectivity index (χ4n) is 4.49. The molecule has 0 saturated carbocycles. The molecule has 180 valence electrons. The SMILES string of the molecule is Fc1ccc([C@]23OC(c4ccccc4)=C(c4ccccc4)[C@H]2Oc2c(Cl)c(Cl)c(Cl)c(Cl)c2O3)cc1. The predicted molar refractivity (Wildman–Crippen MR) is 140 cm³/mol. The van der Waals surface area contributed by atoms with E-state index in [1.807, 2.05) is 60.7 Å². The first-order valence-electron chi connectivity index (χ1n) is 10.9. The normalized spacial score (nSPS) is 20.2. The molecule has 3 nitrogen and oxygen atoms in total. The zero-order valence-corrected chi connectivity index (χ0v) is 21.3. The van der Waals surface area contributed by atoms with E-state index < -0.39 is 17.7 Å². The number of ether oxygens (including phenoxy) is 3. The molecule has 6 rings (SSSR count). The summed E-state index contributed by atoms with van der Waals surface area (Å²) in [6, 6.07) is 25.1. The van der Waals surface area contributed by atoms with Crippen LogP contribution in [-0.2, 0) is 10.5 Å². The molecule has 0 fully saturated rings. The summed E-state index contributed by atoms with van der Waals surface area (Å²) in [6.45, 7) is 0. The Labute approximate surface area is 226 Å². The van der Waals surface area contributed by atoms with Gasteiger partial charge in [0.25, 0.3) is 0 Å². The van der Waals surface area contributed by atoms with Crippen LogP contribution in [0, 0.1) is 5.82 Å². The number of fused-ring (bicyclic) bond motifs is 2. The fourth-order valence-corrected chi connectivity index (χ4v) is 5.39. The lowest BCUT2D eigenvalue weighted by molar-refractivity contribution is -0.188. The van der Waals surface area contributed by atoms with Crippen LogP contribution >= 0.6 is 46.4 Å². The standard InChI is InChI=1S/C28H15Cl4FO3/c29-20-21(30)23(32)26-25(22(20)31)34-27-19(15-7-3-1-4-8-15)24(16-9-5-2-6-10-16)35-28(27,36-26)17-11-13-18(33)14-12-17/h1-14,27H/t27-,28-/m1/s1. The van der Waals surface area contributed by atoms with Crippen LogP contribution in [0.5, 0.6) is 11.5 Å². The van der Waals surface area contributed by atoms with Crippen LogP contribution < -0.4 is 9.47 Å². The third-order valence-corrected chi connectivity index (χ3v) is 7.91.